The van der Waals surface area contributed by atoms with Crippen LogP contribution in [0.15, 0.2) is 0 Å². The molecule has 0 radical (unpaired) electrons. The second-order valence-corrected chi connectivity index (χ2v) is 9.02. The molecule has 3 unspecified atom stereocenters. The zero-order chi connectivity index (χ0) is 15.6. The first-order valence-corrected chi connectivity index (χ1v) is 9.21. The summed E-state index contributed by atoms with van der Waals surface area (Å²) in [6.45, 7) is 8.31. The molecule has 0 aromatic heterocycles. The highest BCUT2D eigenvalue weighted by Gasteiger charge is 2.35. The maximum Gasteiger partial charge on any atom is 0.151 e. The van der Waals surface area contributed by atoms with Gasteiger partial charge < -0.3 is 10.4 Å². The Balaban J connectivity index is 2.63. The van der Waals surface area contributed by atoms with Crippen LogP contribution in [-0.2, 0) is 9.84 Å². The van der Waals surface area contributed by atoms with Gasteiger partial charge in [-0.3, -0.25) is 4.90 Å². The van der Waals surface area contributed by atoms with Gasteiger partial charge in [-0.25, -0.2) is 8.42 Å². The summed E-state index contributed by atoms with van der Waals surface area (Å²) >= 11 is 0. The first-order chi connectivity index (χ1) is 9.08. The second kappa shape index (κ2) is 6.73. The van der Waals surface area contributed by atoms with E-state index in [0.29, 0.717) is 11.8 Å². The summed E-state index contributed by atoms with van der Waals surface area (Å²) in [4.78, 5) is 2.15. The maximum absolute atomic E-state index is 11.6. The normalized spacial score (nSPS) is 26.9. The molecule has 5 nitrogen and oxygen atoms in total. The molecule has 0 aromatic carbocycles. The van der Waals surface area contributed by atoms with Gasteiger partial charge in [0.2, 0.25) is 0 Å². The average molecular weight is 306 g/mol. The number of hydrogen-bond donors (Lipinski definition) is 2. The summed E-state index contributed by atoms with van der Waals surface area (Å²) in [5, 5.41) is 13.0. The van der Waals surface area contributed by atoms with Gasteiger partial charge in [0.15, 0.2) is 9.84 Å². The van der Waals surface area contributed by atoms with Crippen LogP contribution in [-0.4, -0.2) is 67.2 Å². The van der Waals surface area contributed by atoms with Crippen molar-refractivity contribution in [1.29, 1.82) is 0 Å². The van der Waals surface area contributed by atoms with Crippen molar-refractivity contribution in [3.05, 3.63) is 0 Å². The van der Waals surface area contributed by atoms with Crippen molar-refractivity contribution in [1.82, 2.24) is 10.2 Å². The molecule has 1 heterocycles. The predicted molar refractivity (Wildman–Crippen MR) is 82.7 cm³/mol. The van der Waals surface area contributed by atoms with Crippen LogP contribution < -0.4 is 5.32 Å². The monoisotopic (exact) mass is 306 g/mol. The lowest BCUT2D eigenvalue weighted by atomic mass is 9.92. The highest BCUT2D eigenvalue weighted by Crippen LogP contribution is 2.22. The molecule has 6 heteroatoms. The molecule has 0 saturated carbocycles. The minimum atomic E-state index is -2.85. The van der Waals surface area contributed by atoms with Crippen LogP contribution in [0.25, 0.3) is 0 Å². The Bertz CT molecular complexity index is 411. The molecule has 1 rings (SSSR count). The van der Waals surface area contributed by atoms with Gasteiger partial charge in [-0.05, 0) is 33.7 Å². The SMILES string of the molecule is CC(C)NC(C)(CO)CC(C)N(C)C1CCS(=O)(=O)C1. The molecule has 0 bridgehead atoms. The van der Waals surface area contributed by atoms with E-state index in [1.165, 1.54) is 0 Å². The summed E-state index contributed by atoms with van der Waals surface area (Å²) in [5.41, 5.74) is -0.334. The molecule has 1 aliphatic rings. The molecule has 0 aromatic rings. The topological polar surface area (TPSA) is 69.6 Å². The Morgan fingerprint density at radius 3 is 2.40 bits per heavy atom. The van der Waals surface area contributed by atoms with E-state index in [0.717, 1.165) is 12.8 Å². The number of nitrogens with one attached hydrogen (secondary N) is 1. The van der Waals surface area contributed by atoms with E-state index >= 15 is 0 Å². The molecule has 120 valence electrons. The minimum Gasteiger partial charge on any atom is -0.394 e. The Hall–Kier alpha value is -0.170. The number of nitrogens with zero attached hydrogens (tertiary/aromatic N) is 1. The maximum atomic E-state index is 11.6. The molecule has 1 aliphatic heterocycles. The first kappa shape index (κ1) is 17.9. The first-order valence-electron chi connectivity index (χ1n) is 7.39. The van der Waals surface area contributed by atoms with Crippen molar-refractivity contribution in [2.45, 2.75) is 64.2 Å². The molecular formula is C14H30N2O3S. The van der Waals surface area contributed by atoms with Gasteiger partial charge in [0.25, 0.3) is 0 Å². The van der Waals surface area contributed by atoms with Crippen molar-refractivity contribution < 1.29 is 13.5 Å². The molecule has 0 spiro atoms. The number of hydrogen-bond acceptors (Lipinski definition) is 5. The Morgan fingerprint density at radius 2 is 2.00 bits per heavy atom. The molecule has 2 N–H and O–H groups in total. The Labute approximate surface area is 123 Å². The third kappa shape index (κ3) is 4.98. The average Bonchev–Trinajstić information content (AvgIpc) is 2.67. The fourth-order valence-electron chi connectivity index (χ4n) is 3.12. The van der Waals surface area contributed by atoms with Crippen molar-refractivity contribution in [3.63, 3.8) is 0 Å². The molecule has 3 atom stereocenters. The van der Waals surface area contributed by atoms with Crippen molar-refractivity contribution >= 4 is 9.84 Å². The van der Waals surface area contributed by atoms with Gasteiger partial charge >= 0.3 is 0 Å². The van der Waals surface area contributed by atoms with E-state index in [2.05, 4.69) is 31.0 Å². The van der Waals surface area contributed by atoms with E-state index in [9.17, 15) is 13.5 Å². The van der Waals surface area contributed by atoms with Crippen LogP contribution in [0, 0.1) is 0 Å². The number of sulfone groups is 1. The van der Waals surface area contributed by atoms with Gasteiger partial charge in [0.05, 0.1) is 18.1 Å². The number of rotatable bonds is 7. The van der Waals surface area contributed by atoms with E-state index in [4.69, 9.17) is 0 Å². The number of aliphatic hydroxyl groups is 1. The molecule has 20 heavy (non-hydrogen) atoms. The minimum absolute atomic E-state index is 0.0757. The van der Waals surface area contributed by atoms with E-state index < -0.39 is 9.84 Å². The Kier molecular flexibility index (Phi) is 6.01. The van der Waals surface area contributed by atoms with Crippen LogP contribution in [0.2, 0.25) is 0 Å². The van der Waals surface area contributed by atoms with Crippen LogP contribution in [0.1, 0.15) is 40.5 Å². The molecule has 1 fully saturated rings. The molecule has 0 amide bonds. The number of aliphatic hydroxyl groups excluding tert-OH is 1. The summed E-state index contributed by atoms with van der Waals surface area (Å²) in [7, 11) is -0.860. The third-order valence-electron chi connectivity index (χ3n) is 4.21. The fraction of sp³-hybridized carbons (Fsp3) is 1.00. The van der Waals surface area contributed by atoms with Crippen molar-refractivity contribution in [2.24, 2.45) is 0 Å². The van der Waals surface area contributed by atoms with E-state index in [1.807, 2.05) is 14.0 Å². The van der Waals surface area contributed by atoms with Gasteiger partial charge in [-0.2, -0.15) is 0 Å². The zero-order valence-electron chi connectivity index (χ0n) is 13.4. The van der Waals surface area contributed by atoms with Gasteiger partial charge in [-0.15, -0.1) is 0 Å². The Morgan fingerprint density at radius 1 is 1.40 bits per heavy atom. The third-order valence-corrected chi connectivity index (χ3v) is 5.96. The predicted octanol–water partition coefficient (Wildman–Crippen LogP) is 0.633. The summed E-state index contributed by atoms with van der Waals surface area (Å²) in [6, 6.07) is 0.630. The van der Waals surface area contributed by atoms with Gasteiger partial charge in [0.1, 0.15) is 0 Å². The van der Waals surface area contributed by atoms with Gasteiger partial charge in [0, 0.05) is 23.7 Å². The van der Waals surface area contributed by atoms with E-state index in [1.54, 1.807) is 0 Å². The van der Waals surface area contributed by atoms with Crippen molar-refractivity contribution in [3.8, 4) is 0 Å². The lowest BCUT2D eigenvalue weighted by Gasteiger charge is -2.38. The highest BCUT2D eigenvalue weighted by molar-refractivity contribution is 7.91. The van der Waals surface area contributed by atoms with Crippen LogP contribution in [0.3, 0.4) is 0 Å². The van der Waals surface area contributed by atoms with Crippen molar-refractivity contribution in [2.75, 3.05) is 25.2 Å². The smallest absolute Gasteiger partial charge is 0.151 e. The quantitative estimate of drug-likeness (QED) is 0.722. The lowest BCUT2D eigenvalue weighted by Crippen LogP contribution is -2.53. The highest BCUT2D eigenvalue weighted by atomic mass is 32.2. The zero-order valence-corrected chi connectivity index (χ0v) is 14.2. The van der Waals surface area contributed by atoms with E-state index in [-0.39, 0.29) is 30.0 Å². The second-order valence-electron chi connectivity index (χ2n) is 6.79. The lowest BCUT2D eigenvalue weighted by molar-refractivity contribution is 0.106. The fourth-order valence-corrected chi connectivity index (χ4v) is 4.90. The van der Waals surface area contributed by atoms with Crippen LogP contribution >= 0.6 is 0 Å². The molecule has 1 saturated heterocycles. The summed E-state index contributed by atoms with van der Waals surface area (Å²) in [5.74, 6) is 0.567. The summed E-state index contributed by atoms with van der Waals surface area (Å²) < 4.78 is 23.2. The molecule has 0 aliphatic carbocycles. The van der Waals surface area contributed by atoms with Gasteiger partial charge in [-0.1, -0.05) is 13.8 Å². The largest absolute Gasteiger partial charge is 0.394 e. The molecular weight excluding hydrogens is 276 g/mol. The standard InChI is InChI=1S/C14H30N2O3S/c1-11(2)15-14(4,10-17)8-12(3)16(5)13-6-7-20(18,19)9-13/h11-13,15,17H,6-10H2,1-5H3. The van der Waals surface area contributed by atoms with Crippen LogP contribution in [0.4, 0.5) is 0 Å². The van der Waals surface area contributed by atoms with Crippen LogP contribution in [0.5, 0.6) is 0 Å². The summed E-state index contributed by atoms with van der Waals surface area (Å²) in [6.07, 6.45) is 1.51.